The summed E-state index contributed by atoms with van der Waals surface area (Å²) in [5.74, 6) is -0.800. The van der Waals surface area contributed by atoms with Gasteiger partial charge in [-0.1, -0.05) is 32.0 Å². The molecule has 0 aromatic heterocycles. The van der Waals surface area contributed by atoms with E-state index in [1.807, 2.05) is 13.8 Å². The molecule has 0 aliphatic carbocycles. The van der Waals surface area contributed by atoms with Crippen molar-refractivity contribution >= 4 is 27.5 Å². The molecule has 0 radical (unpaired) electrons. The number of hydrogen-bond donors (Lipinski definition) is 1. The van der Waals surface area contributed by atoms with Crippen LogP contribution in [0, 0.1) is 11.7 Å². The van der Waals surface area contributed by atoms with Gasteiger partial charge in [0.2, 0.25) is 21.8 Å². The largest absolute Gasteiger partial charge is 0.497 e. The monoisotopic (exact) mass is 493 g/mol. The van der Waals surface area contributed by atoms with Gasteiger partial charge in [-0.15, -0.1) is 0 Å². The van der Waals surface area contributed by atoms with Crippen molar-refractivity contribution in [1.29, 1.82) is 0 Å². The number of halogens is 1. The number of sulfonamides is 1. The second-order valence-electron chi connectivity index (χ2n) is 8.44. The summed E-state index contributed by atoms with van der Waals surface area (Å²) < 4.78 is 44.8. The Balaban J connectivity index is 2.38. The SMILES string of the molecule is COc1cccc(CN(C(=O)CN(c2cccc(F)c2)S(C)(=O)=O)C(C)C(=O)NCC(C)C)c1. The summed E-state index contributed by atoms with van der Waals surface area (Å²) in [6, 6.07) is 11.1. The summed E-state index contributed by atoms with van der Waals surface area (Å²) in [5, 5.41) is 2.81. The number of benzene rings is 2. The van der Waals surface area contributed by atoms with Crippen LogP contribution in [-0.4, -0.2) is 57.6 Å². The van der Waals surface area contributed by atoms with Crippen molar-refractivity contribution in [3.8, 4) is 5.75 Å². The Bertz CT molecular complexity index is 1110. The molecule has 1 unspecified atom stereocenters. The van der Waals surface area contributed by atoms with Gasteiger partial charge in [-0.05, 0) is 48.7 Å². The molecule has 0 aliphatic heterocycles. The summed E-state index contributed by atoms with van der Waals surface area (Å²) in [6.07, 6.45) is 0.941. The van der Waals surface area contributed by atoms with Crippen LogP contribution in [0.15, 0.2) is 48.5 Å². The van der Waals surface area contributed by atoms with Crippen molar-refractivity contribution in [3.63, 3.8) is 0 Å². The average molecular weight is 494 g/mol. The van der Waals surface area contributed by atoms with Crippen molar-refractivity contribution in [2.24, 2.45) is 5.92 Å². The molecule has 186 valence electrons. The van der Waals surface area contributed by atoms with Gasteiger partial charge in [0.25, 0.3) is 0 Å². The highest BCUT2D eigenvalue weighted by molar-refractivity contribution is 7.92. The third kappa shape index (κ3) is 7.72. The van der Waals surface area contributed by atoms with Crippen LogP contribution in [0.25, 0.3) is 0 Å². The van der Waals surface area contributed by atoms with Crippen molar-refractivity contribution in [3.05, 3.63) is 59.9 Å². The second kappa shape index (κ2) is 11.8. The summed E-state index contributed by atoms with van der Waals surface area (Å²) in [5.41, 5.74) is 0.724. The molecular formula is C24H32FN3O5S. The molecule has 0 aliphatic rings. The smallest absolute Gasteiger partial charge is 0.244 e. The molecule has 0 heterocycles. The van der Waals surface area contributed by atoms with E-state index in [1.54, 1.807) is 31.2 Å². The van der Waals surface area contributed by atoms with E-state index >= 15 is 0 Å². The van der Waals surface area contributed by atoms with E-state index in [2.05, 4.69) is 5.32 Å². The molecule has 0 bridgehead atoms. The molecule has 2 aromatic carbocycles. The van der Waals surface area contributed by atoms with E-state index in [4.69, 9.17) is 4.74 Å². The third-order valence-electron chi connectivity index (χ3n) is 5.11. The molecular weight excluding hydrogens is 461 g/mol. The van der Waals surface area contributed by atoms with Crippen LogP contribution in [0.3, 0.4) is 0 Å². The van der Waals surface area contributed by atoms with Gasteiger partial charge >= 0.3 is 0 Å². The number of ether oxygens (including phenoxy) is 1. The van der Waals surface area contributed by atoms with E-state index in [0.717, 1.165) is 16.6 Å². The number of amides is 2. The molecule has 1 atom stereocenters. The Morgan fingerprint density at radius 1 is 1.09 bits per heavy atom. The quantitative estimate of drug-likeness (QED) is 0.519. The molecule has 0 spiro atoms. The molecule has 10 heteroatoms. The normalized spacial score (nSPS) is 12.2. The number of methoxy groups -OCH3 is 1. The van der Waals surface area contributed by atoms with Gasteiger partial charge in [-0.2, -0.15) is 0 Å². The highest BCUT2D eigenvalue weighted by atomic mass is 32.2. The highest BCUT2D eigenvalue weighted by Crippen LogP contribution is 2.21. The van der Waals surface area contributed by atoms with Crippen LogP contribution in [0.2, 0.25) is 0 Å². The molecule has 0 saturated carbocycles. The zero-order chi connectivity index (χ0) is 25.5. The van der Waals surface area contributed by atoms with Gasteiger partial charge in [0, 0.05) is 13.1 Å². The molecule has 0 saturated heterocycles. The third-order valence-corrected chi connectivity index (χ3v) is 6.25. The first kappa shape index (κ1) is 27.1. The van der Waals surface area contributed by atoms with Crippen LogP contribution < -0.4 is 14.4 Å². The number of hydrogen-bond acceptors (Lipinski definition) is 5. The van der Waals surface area contributed by atoms with E-state index in [1.165, 1.54) is 30.2 Å². The van der Waals surface area contributed by atoms with E-state index < -0.39 is 34.3 Å². The fraction of sp³-hybridized carbons (Fsp3) is 0.417. The molecule has 2 amide bonds. The van der Waals surface area contributed by atoms with Crippen molar-refractivity contribution in [2.45, 2.75) is 33.4 Å². The predicted molar refractivity (Wildman–Crippen MR) is 129 cm³/mol. The van der Waals surface area contributed by atoms with Gasteiger partial charge in [0.05, 0.1) is 19.1 Å². The molecule has 34 heavy (non-hydrogen) atoms. The fourth-order valence-corrected chi connectivity index (χ4v) is 4.09. The average Bonchev–Trinajstić information content (AvgIpc) is 2.78. The minimum absolute atomic E-state index is 0.0223. The van der Waals surface area contributed by atoms with E-state index in [9.17, 15) is 22.4 Å². The first-order chi connectivity index (χ1) is 15.9. The Kier molecular flexibility index (Phi) is 9.43. The first-order valence-corrected chi connectivity index (χ1v) is 12.7. The Morgan fingerprint density at radius 3 is 2.35 bits per heavy atom. The lowest BCUT2D eigenvalue weighted by Crippen LogP contribution is -2.51. The Hall–Kier alpha value is -3.14. The lowest BCUT2D eigenvalue weighted by atomic mass is 10.1. The highest BCUT2D eigenvalue weighted by Gasteiger charge is 2.30. The van der Waals surface area contributed by atoms with Gasteiger partial charge in [0.1, 0.15) is 24.2 Å². The first-order valence-electron chi connectivity index (χ1n) is 10.9. The topological polar surface area (TPSA) is 96.0 Å². The van der Waals surface area contributed by atoms with E-state index in [-0.39, 0.29) is 24.1 Å². The lowest BCUT2D eigenvalue weighted by Gasteiger charge is -2.31. The maximum absolute atomic E-state index is 13.8. The number of rotatable bonds is 11. The summed E-state index contributed by atoms with van der Waals surface area (Å²) in [4.78, 5) is 27.5. The molecule has 0 fully saturated rings. The minimum Gasteiger partial charge on any atom is -0.497 e. The number of nitrogens with zero attached hydrogens (tertiary/aromatic N) is 2. The zero-order valence-electron chi connectivity index (χ0n) is 20.1. The van der Waals surface area contributed by atoms with Gasteiger partial charge < -0.3 is 15.0 Å². The zero-order valence-corrected chi connectivity index (χ0v) is 20.9. The maximum atomic E-state index is 13.8. The minimum atomic E-state index is -3.92. The van der Waals surface area contributed by atoms with E-state index in [0.29, 0.717) is 17.9 Å². The Labute approximate surface area is 200 Å². The number of nitrogens with one attached hydrogen (secondary N) is 1. The summed E-state index contributed by atoms with van der Waals surface area (Å²) in [6.45, 7) is 5.38. The van der Waals surface area contributed by atoms with Crippen LogP contribution >= 0.6 is 0 Å². The summed E-state index contributed by atoms with van der Waals surface area (Å²) in [7, 11) is -2.39. The summed E-state index contributed by atoms with van der Waals surface area (Å²) >= 11 is 0. The van der Waals surface area contributed by atoms with Crippen LogP contribution in [0.5, 0.6) is 5.75 Å². The van der Waals surface area contributed by atoms with Gasteiger partial charge in [-0.25, -0.2) is 12.8 Å². The maximum Gasteiger partial charge on any atom is 0.244 e. The second-order valence-corrected chi connectivity index (χ2v) is 10.3. The van der Waals surface area contributed by atoms with Crippen LogP contribution in [0.4, 0.5) is 10.1 Å². The Morgan fingerprint density at radius 2 is 1.76 bits per heavy atom. The van der Waals surface area contributed by atoms with Crippen molar-refractivity contribution in [1.82, 2.24) is 10.2 Å². The van der Waals surface area contributed by atoms with Crippen LogP contribution in [-0.2, 0) is 26.2 Å². The van der Waals surface area contributed by atoms with Crippen LogP contribution in [0.1, 0.15) is 26.3 Å². The predicted octanol–water partition coefficient (Wildman–Crippen LogP) is 2.79. The number of carbonyl (C=O) groups is 2. The van der Waals surface area contributed by atoms with Crippen molar-refractivity contribution < 1.29 is 27.1 Å². The number of anilines is 1. The molecule has 1 N–H and O–H groups in total. The van der Waals surface area contributed by atoms with Gasteiger partial charge in [-0.3, -0.25) is 13.9 Å². The van der Waals surface area contributed by atoms with Gasteiger partial charge in [0.15, 0.2) is 0 Å². The molecule has 8 nitrogen and oxygen atoms in total. The standard InChI is InChI=1S/C24H32FN3O5S/c1-17(2)14-26-24(30)18(3)27(15-19-8-6-11-22(12-19)33-4)23(29)16-28(34(5,31)32)21-10-7-9-20(25)13-21/h6-13,17-18H,14-16H2,1-5H3,(H,26,30). The number of carbonyl (C=O) groups excluding carboxylic acids is 2. The molecule has 2 rings (SSSR count). The lowest BCUT2D eigenvalue weighted by molar-refractivity contribution is -0.139. The fourth-order valence-electron chi connectivity index (χ4n) is 3.25. The molecule has 2 aromatic rings. The van der Waals surface area contributed by atoms with Crippen molar-refractivity contribution in [2.75, 3.05) is 30.8 Å².